The number of aromatic nitrogens is 3. The van der Waals surface area contributed by atoms with Crippen molar-refractivity contribution in [2.24, 2.45) is 0 Å². The second-order valence-electron chi connectivity index (χ2n) is 3.74. The largest absolute Gasteiger partial charge is 0.466 e. The standard InChI is InChI=1S/C11H13N5O3S/c1-19-11-14-10(15-16-11)13-8(17)2-4-12-9(18)7-3-5-20-6-7/h3,5-6H,2,4H2,1H3,(H,12,18)(H2,13,14,15,16,17). The van der Waals surface area contributed by atoms with Crippen LogP contribution in [-0.2, 0) is 4.79 Å². The van der Waals surface area contributed by atoms with Crippen molar-refractivity contribution in [1.29, 1.82) is 0 Å². The maximum atomic E-state index is 11.6. The number of amides is 2. The predicted molar refractivity (Wildman–Crippen MR) is 72.8 cm³/mol. The van der Waals surface area contributed by atoms with Gasteiger partial charge in [-0.1, -0.05) is 0 Å². The minimum Gasteiger partial charge on any atom is -0.466 e. The van der Waals surface area contributed by atoms with E-state index in [-0.39, 0.29) is 36.7 Å². The molecule has 0 fully saturated rings. The van der Waals surface area contributed by atoms with Gasteiger partial charge in [0.15, 0.2) is 0 Å². The molecule has 20 heavy (non-hydrogen) atoms. The van der Waals surface area contributed by atoms with Crippen LogP contribution in [0.1, 0.15) is 16.8 Å². The SMILES string of the molecule is COc1n[nH]c(NC(=O)CCNC(=O)c2ccsc2)n1. The topological polar surface area (TPSA) is 109 Å². The molecule has 2 aromatic rings. The summed E-state index contributed by atoms with van der Waals surface area (Å²) >= 11 is 1.44. The Bertz CT molecular complexity index is 581. The molecule has 0 unspecified atom stereocenters. The van der Waals surface area contributed by atoms with Crippen LogP contribution < -0.4 is 15.4 Å². The molecule has 2 rings (SSSR count). The molecule has 0 aliphatic heterocycles. The van der Waals surface area contributed by atoms with E-state index in [1.54, 1.807) is 11.4 Å². The zero-order valence-corrected chi connectivity index (χ0v) is 11.5. The van der Waals surface area contributed by atoms with Crippen LogP contribution in [0, 0.1) is 0 Å². The van der Waals surface area contributed by atoms with Crippen molar-refractivity contribution in [3.05, 3.63) is 22.4 Å². The number of rotatable bonds is 6. The average Bonchev–Trinajstić information content (AvgIpc) is 3.09. The Morgan fingerprint density at radius 1 is 1.50 bits per heavy atom. The summed E-state index contributed by atoms with van der Waals surface area (Å²) in [7, 11) is 1.43. The van der Waals surface area contributed by atoms with Gasteiger partial charge in [0, 0.05) is 23.9 Å². The summed E-state index contributed by atoms with van der Waals surface area (Å²) in [4.78, 5) is 27.0. The van der Waals surface area contributed by atoms with E-state index in [0.717, 1.165) is 0 Å². The normalized spacial score (nSPS) is 10.1. The van der Waals surface area contributed by atoms with Gasteiger partial charge in [-0.15, -0.1) is 5.10 Å². The summed E-state index contributed by atoms with van der Waals surface area (Å²) in [5, 5.41) is 14.9. The average molecular weight is 295 g/mol. The fourth-order valence-electron chi connectivity index (χ4n) is 1.37. The number of nitrogens with zero attached hydrogens (tertiary/aromatic N) is 2. The maximum Gasteiger partial charge on any atom is 0.336 e. The van der Waals surface area contributed by atoms with Gasteiger partial charge in [-0.25, -0.2) is 5.10 Å². The number of carbonyl (C=O) groups excluding carboxylic acids is 2. The van der Waals surface area contributed by atoms with E-state index in [0.29, 0.717) is 5.56 Å². The van der Waals surface area contributed by atoms with Crippen LogP contribution in [0.15, 0.2) is 16.8 Å². The van der Waals surface area contributed by atoms with Crippen molar-refractivity contribution in [3.8, 4) is 6.01 Å². The van der Waals surface area contributed by atoms with Gasteiger partial charge in [-0.3, -0.25) is 14.9 Å². The first kappa shape index (κ1) is 14.0. The van der Waals surface area contributed by atoms with E-state index in [4.69, 9.17) is 4.74 Å². The molecule has 8 nitrogen and oxygen atoms in total. The summed E-state index contributed by atoms with van der Waals surface area (Å²) in [5.74, 6) is -0.272. The van der Waals surface area contributed by atoms with Crippen LogP contribution in [0.25, 0.3) is 0 Å². The Kier molecular flexibility index (Phi) is 4.66. The van der Waals surface area contributed by atoms with Crippen molar-refractivity contribution in [2.45, 2.75) is 6.42 Å². The summed E-state index contributed by atoms with van der Waals surface area (Å²) in [6.07, 6.45) is 0.138. The molecule has 2 heterocycles. The molecule has 0 aliphatic rings. The van der Waals surface area contributed by atoms with E-state index in [1.165, 1.54) is 18.4 Å². The fraction of sp³-hybridized carbons (Fsp3) is 0.273. The van der Waals surface area contributed by atoms with E-state index in [9.17, 15) is 9.59 Å². The minimum absolute atomic E-state index is 0.138. The molecule has 0 saturated carbocycles. The zero-order chi connectivity index (χ0) is 14.4. The lowest BCUT2D eigenvalue weighted by atomic mass is 10.3. The van der Waals surface area contributed by atoms with Gasteiger partial charge in [0.25, 0.3) is 5.91 Å². The summed E-state index contributed by atoms with van der Waals surface area (Å²) in [5.41, 5.74) is 0.593. The molecule has 0 aliphatic carbocycles. The van der Waals surface area contributed by atoms with Crippen LogP contribution in [0.2, 0.25) is 0 Å². The molecule has 9 heteroatoms. The van der Waals surface area contributed by atoms with Gasteiger partial charge in [0.2, 0.25) is 11.9 Å². The van der Waals surface area contributed by atoms with Crippen LogP contribution in [0.5, 0.6) is 6.01 Å². The molecule has 0 bridgehead atoms. The Balaban J connectivity index is 1.71. The number of anilines is 1. The first-order valence-corrected chi connectivity index (χ1v) is 6.70. The Labute approximate surface area is 118 Å². The second kappa shape index (κ2) is 6.66. The fourth-order valence-corrected chi connectivity index (χ4v) is 2.01. The van der Waals surface area contributed by atoms with Gasteiger partial charge in [-0.05, 0) is 11.4 Å². The predicted octanol–water partition coefficient (Wildman–Crippen LogP) is 0.633. The van der Waals surface area contributed by atoms with Crippen molar-refractivity contribution in [2.75, 3.05) is 19.0 Å². The highest BCUT2D eigenvalue weighted by molar-refractivity contribution is 7.08. The first-order valence-electron chi connectivity index (χ1n) is 5.75. The number of nitrogens with one attached hydrogen (secondary N) is 3. The Morgan fingerprint density at radius 3 is 3.00 bits per heavy atom. The quantitative estimate of drug-likeness (QED) is 0.724. The van der Waals surface area contributed by atoms with Crippen molar-refractivity contribution >= 4 is 29.1 Å². The lowest BCUT2D eigenvalue weighted by Crippen LogP contribution is -2.27. The number of ether oxygens (including phenoxy) is 1. The highest BCUT2D eigenvalue weighted by atomic mass is 32.1. The first-order chi connectivity index (χ1) is 9.69. The smallest absolute Gasteiger partial charge is 0.336 e. The van der Waals surface area contributed by atoms with E-state index in [1.807, 2.05) is 5.38 Å². The third-order valence-electron chi connectivity index (χ3n) is 2.33. The molecule has 2 amide bonds. The number of hydrogen-bond acceptors (Lipinski definition) is 6. The Morgan fingerprint density at radius 2 is 2.35 bits per heavy atom. The molecule has 2 aromatic heterocycles. The van der Waals surface area contributed by atoms with Gasteiger partial charge >= 0.3 is 6.01 Å². The number of aromatic amines is 1. The highest BCUT2D eigenvalue weighted by Gasteiger charge is 2.09. The Hall–Kier alpha value is -2.42. The molecule has 0 saturated heterocycles. The number of thiophene rings is 1. The molecule has 106 valence electrons. The summed E-state index contributed by atoms with van der Waals surface area (Å²) in [6, 6.07) is 1.87. The van der Waals surface area contributed by atoms with Gasteiger partial charge in [0.05, 0.1) is 7.11 Å². The highest BCUT2D eigenvalue weighted by Crippen LogP contribution is 2.06. The third-order valence-corrected chi connectivity index (χ3v) is 3.01. The molecular weight excluding hydrogens is 282 g/mol. The lowest BCUT2D eigenvalue weighted by Gasteiger charge is -2.03. The molecule has 0 atom stereocenters. The van der Waals surface area contributed by atoms with Gasteiger partial charge < -0.3 is 10.1 Å². The van der Waals surface area contributed by atoms with E-state index < -0.39 is 0 Å². The molecule has 3 N–H and O–H groups in total. The number of H-pyrrole nitrogens is 1. The van der Waals surface area contributed by atoms with Crippen LogP contribution in [0.3, 0.4) is 0 Å². The molecular formula is C11H13N5O3S. The van der Waals surface area contributed by atoms with Crippen molar-refractivity contribution in [1.82, 2.24) is 20.5 Å². The van der Waals surface area contributed by atoms with Crippen LogP contribution in [0.4, 0.5) is 5.95 Å². The summed E-state index contributed by atoms with van der Waals surface area (Å²) in [6.45, 7) is 0.242. The van der Waals surface area contributed by atoms with Crippen molar-refractivity contribution < 1.29 is 14.3 Å². The monoisotopic (exact) mass is 295 g/mol. The lowest BCUT2D eigenvalue weighted by molar-refractivity contribution is -0.116. The number of methoxy groups -OCH3 is 1. The van der Waals surface area contributed by atoms with Crippen molar-refractivity contribution in [3.63, 3.8) is 0 Å². The van der Waals surface area contributed by atoms with Gasteiger partial charge in [-0.2, -0.15) is 16.3 Å². The molecule has 0 radical (unpaired) electrons. The summed E-state index contributed by atoms with van der Waals surface area (Å²) < 4.78 is 4.77. The number of hydrogen-bond donors (Lipinski definition) is 3. The maximum absolute atomic E-state index is 11.6. The number of carbonyl (C=O) groups is 2. The zero-order valence-electron chi connectivity index (χ0n) is 10.7. The van der Waals surface area contributed by atoms with E-state index in [2.05, 4.69) is 25.8 Å². The molecule has 0 aromatic carbocycles. The van der Waals surface area contributed by atoms with Crippen LogP contribution in [-0.4, -0.2) is 40.7 Å². The van der Waals surface area contributed by atoms with Crippen LogP contribution >= 0.6 is 11.3 Å². The second-order valence-corrected chi connectivity index (χ2v) is 4.52. The van der Waals surface area contributed by atoms with E-state index >= 15 is 0 Å². The van der Waals surface area contributed by atoms with Gasteiger partial charge in [0.1, 0.15) is 0 Å². The molecule has 0 spiro atoms. The third kappa shape index (κ3) is 3.79. The minimum atomic E-state index is -0.283.